The predicted octanol–water partition coefficient (Wildman–Crippen LogP) is 2.66. The lowest BCUT2D eigenvalue weighted by Gasteiger charge is -2.35. The molecule has 0 radical (unpaired) electrons. The molecule has 17 heavy (non-hydrogen) atoms. The number of furan rings is 1. The largest absolute Gasteiger partial charge is 0.468 e. The third kappa shape index (κ3) is 3.33. The Morgan fingerprint density at radius 2 is 2.29 bits per heavy atom. The van der Waals surface area contributed by atoms with Crippen molar-refractivity contribution in [3.8, 4) is 0 Å². The zero-order chi connectivity index (χ0) is 12.3. The maximum absolute atomic E-state index is 5.43. The van der Waals surface area contributed by atoms with Gasteiger partial charge in [0.25, 0.3) is 0 Å². The molecule has 1 aromatic heterocycles. The van der Waals surface area contributed by atoms with Crippen molar-refractivity contribution in [2.75, 3.05) is 20.1 Å². The third-order valence-electron chi connectivity index (χ3n) is 3.85. The fourth-order valence-electron chi connectivity index (χ4n) is 2.76. The molecule has 0 amide bonds. The Hall–Kier alpha value is -0.800. The summed E-state index contributed by atoms with van der Waals surface area (Å²) >= 11 is 0. The number of hydrogen-bond donors (Lipinski definition) is 1. The van der Waals surface area contributed by atoms with E-state index in [0.717, 1.165) is 11.7 Å². The Morgan fingerprint density at radius 1 is 1.47 bits per heavy atom. The van der Waals surface area contributed by atoms with Gasteiger partial charge in [0.15, 0.2) is 0 Å². The Morgan fingerprint density at radius 3 is 2.94 bits per heavy atom. The van der Waals surface area contributed by atoms with Gasteiger partial charge in [-0.1, -0.05) is 0 Å². The molecule has 3 atom stereocenters. The molecule has 1 aliphatic rings. The van der Waals surface area contributed by atoms with Gasteiger partial charge < -0.3 is 14.6 Å². The summed E-state index contributed by atoms with van der Waals surface area (Å²) in [5, 5.41) is 3.65. The molecule has 3 heteroatoms. The molecule has 2 unspecified atom stereocenters. The first-order valence-electron chi connectivity index (χ1n) is 6.65. The summed E-state index contributed by atoms with van der Waals surface area (Å²) in [7, 11) is 2.22. The second kappa shape index (κ2) is 5.69. The van der Waals surface area contributed by atoms with E-state index in [4.69, 9.17) is 4.42 Å². The van der Waals surface area contributed by atoms with Crippen LogP contribution in [0.3, 0.4) is 0 Å². The molecule has 3 nitrogen and oxygen atoms in total. The van der Waals surface area contributed by atoms with E-state index in [0.29, 0.717) is 12.1 Å². The van der Waals surface area contributed by atoms with Gasteiger partial charge in [0.2, 0.25) is 0 Å². The molecule has 0 bridgehead atoms. The Bertz CT molecular complexity index is 323. The highest BCUT2D eigenvalue weighted by molar-refractivity contribution is 5.03. The van der Waals surface area contributed by atoms with Crippen LogP contribution in [0.15, 0.2) is 22.8 Å². The lowest BCUT2D eigenvalue weighted by Crippen LogP contribution is -2.43. The van der Waals surface area contributed by atoms with Crippen molar-refractivity contribution in [1.82, 2.24) is 10.2 Å². The van der Waals surface area contributed by atoms with Crippen molar-refractivity contribution in [2.45, 2.75) is 38.8 Å². The van der Waals surface area contributed by atoms with Crippen molar-refractivity contribution in [3.05, 3.63) is 24.2 Å². The average molecular weight is 236 g/mol. The van der Waals surface area contributed by atoms with Crippen LogP contribution in [0.25, 0.3) is 0 Å². The van der Waals surface area contributed by atoms with Crippen LogP contribution in [0.4, 0.5) is 0 Å². The van der Waals surface area contributed by atoms with Gasteiger partial charge in [-0.25, -0.2) is 0 Å². The van der Waals surface area contributed by atoms with Gasteiger partial charge in [0.05, 0.1) is 12.3 Å². The smallest absolute Gasteiger partial charge is 0.120 e. The minimum atomic E-state index is 0.298. The molecule has 0 saturated carbocycles. The molecule has 1 aromatic rings. The fraction of sp³-hybridized carbons (Fsp3) is 0.714. The number of likely N-dealkylation sites (tertiary alicyclic amines) is 1. The van der Waals surface area contributed by atoms with E-state index in [1.165, 1.54) is 25.9 Å². The van der Waals surface area contributed by atoms with E-state index in [1.807, 2.05) is 12.1 Å². The Balaban J connectivity index is 1.85. The number of nitrogens with one attached hydrogen (secondary N) is 1. The van der Waals surface area contributed by atoms with Crippen molar-refractivity contribution in [1.29, 1.82) is 0 Å². The van der Waals surface area contributed by atoms with E-state index in [9.17, 15) is 0 Å². The van der Waals surface area contributed by atoms with Crippen molar-refractivity contribution < 1.29 is 4.42 Å². The predicted molar refractivity (Wildman–Crippen MR) is 69.9 cm³/mol. The zero-order valence-electron chi connectivity index (χ0n) is 11.1. The molecule has 0 aliphatic carbocycles. The minimum absolute atomic E-state index is 0.298. The van der Waals surface area contributed by atoms with Crippen molar-refractivity contribution in [3.63, 3.8) is 0 Å². The van der Waals surface area contributed by atoms with Gasteiger partial charge in [-0.3, -0.25) is 0 Å². The van der Waals surface area contributed by atoms with Crippen LogP contribution in [0, 0.1) is 5.92 Å². The Kier molecular flexibility index (Phi) is 4.24. The highest BCUT2D eigenvalue weighted by Crippen LogP contribution is 2.21. The highest BCUT2D eigenvalue weighted by atomic mass is 16.3. The number of rotatable bonds is 4. The highest BCUT2D eigenvalue weighted by Gasteiger charge is 2.24. The van der Waals surface area contributed by atoms with E-state index in [-0.39, 0.29) is 0 Å². The van der Waals surface area contributed by atoms with E-state index in [1.54, 1.807) is 6.26 Å². The number of hydrogen-bond acceptors (Lipinski definition) is 3. The molecular weight excluding hydrogens is 212 g/mol. The summed E-state index contributed by atoms with van der Waals surface area (Å²) in [6.07, 6.45) is 4.40. The third-order valence-corrected chi connectivity index (χ3v) is 3.85. The summed E-state index contributed by atoms with van der Waals surface area (Å²) < 4.78 is 5.43. The van der Waals surface area contributed by atoms with Gasteiger partial charge in [0.1, 0.15) is 5.76 Å². The molecule has 0 aromatic carbocycles. The topological polar surface area (TPSA) is 28.4 Å². The standard InChI is InChI=1S/C14H24N2O/c1-11(13-6-4-8-16(3)10-13)15-12(2)14-7-5-9-17-14/h5,7,9,11-13,15H,4,6,8,10H2,1-3H3/t11?,12-,13?/m1/s1. The monoisotopic (exact) mass is 236 g/mol. The van der Waals surface area contributed by atoms with Crippen LogP contribution in [0.1, 0.15) is 38.5 Å². The first kappa shape index (κ1) is 12.7. The summed E-state index contributed by atoms with van der Waals surface area (Å²) in [6.45, 7) is 6.92. The first-order chi connectivity index (χ1) is 8.16. The SMILES string of the molecule is CC(N[C@H](C)c1ccco1)C1CCCN(C)C1. The van der Waals surface area contributed by atoms with Crippen LogP contribution < -0.4 is 5.32 Å². The van der Waals surface area contributed by atoms with E-state index < -0.39 is 0 Å². The average Bonchev–Trinajstić information content (AvgIpc) is 2.82. The summed E-state index contributed by atoms with van der Waals surface area (Å²) in [5.41, 5.74) is 0. The first-order valence-corrected chi connectivity index (χ1v) is 6.65. The van der Waals surface area contributed by atoms with Crippen molar-refractivity contribution >= 4 is 0 Å². The van der Waals surface area contributed by atoms with Gasteiger partial charge >= 0.3 is 0 Å². The van der Waals surface area contributed by atoms with Gasteiger partial charge in [0, 0.05) is 12.6 Å². The van der Waals surface area contributed by atoms with Crippen LogP contribution in [-0.4, -0.2) is 31.1 Å². The molecular formula is C14H24N2O. The summed E-state index contributed by atoms with van der Waals surface area (Å²) in [4.78, 5) is 2.43. The summed E-state index contributed by atoms with van der Waals surface area (Å²) in [6, 6.07) is 4.83. The zero-order valence-corrected chi connectivity index (χ0v) is 11.1. The Labute approximate surface area is 104 Å². The maximum atomic E-state index is 5.43. The molecule has 96 valence electrons. The molecule has 1 fully saturated rings. The quantitative estimate of drug-likeness (QED) is 0.871. The number of nitrogens with zero attached hydrogens (tertiary/aromatic N) is 1. The second-order valence-electron chi connectivity index (χ2n) is 5.36. The van der Waals surface area contributed by atoms with E-state index in [2.05, 4.69) is 31.1 Å². The van der Waals surface area contributed by atoms with Crippen LogP contribution >= 0.6 is 0 Å². The van der Waals surface area contributed by atoms with E-state index >= 15 is 0 Å². The molecule has 1 saturated heterocycles. The normalized spacial score (nSPS) is 25.7. The maximum Gasteiger partial charge on any atom is 0.120 e. The van der Waals surface area contributed by atoms with Gasteiger partial charge in [-0.2, -0.15) is 0 Å². The lowest BCUT2D eigenvalue weighted by molar-refractivity contribution is 0.172. The molecule has 2 rings (SSSR count). The minimum Gasteiger partial charge on any atom is -0.468 e. The van der Waals surface area contributed by atoms with Crippen LogP contribution in [-0.2, 0) is 0 Å². The van der Waals surface area contributed by atoms with Crippen LogP contribution in [0.2, 0.25) is 0 Å². The molecule has 1 N–H and O–H groups in total. The number of piperidine rings is 1. The lowest BCUT2D eigenvalue weighted by atomic mass is 9.91. The van der Waals surface area contributed by atoms with Crippen molar-refractivity contribution in [2.24, 2.45) is 5.92 Å². The second-order valence-corrected chi connectivity index (χ2v) is 5.36. The molecule has 0 spiro atoms. The molecule has 1 aliphatic heterocycles. The van der Waals surface area contributed by atoms with Gasteiger partial charge in [-0.15, -0.1) is 0 Å². The fourth-order valence-corrected chi connectivity index (χ4v) is 2.76. The van der Waals surface area contributed by atoms with Gasteiger partial charge in [-0.05, 0) is 58.3 Å². The summed E-state index contributed by atoms with van der Waals surface area (Å²) in [5.74, 6) is 1.78. The van der Waals surface area contributed by atoms with Crippen LogP contribution in [0.5, 0.6) is 0 Å². The molecule has 2 heterocycles.